The maximum Gasteiger partial charge on any atom is 0.101 e. The Morgan fingerprint density at radius 1 is 1.29 bits per heavy atom. The molecule has 0 aliphatic rings. The second kappa shape index (κ2) is 2.28. The molecule has 1 N–H and O–H groups in total. The van der Waals surface area contributed by atoms with Crippen LogP contribution in [0.2, 0.25) is 0 Å². The Morgan fingerprint density at radius 2 is 1.71 bits per heavy atom. The smallest absolute Gasteiger partial charge is 0.101 e. The highest BCUT2D eigenvalue weighted by Gasteiger charge is 2.02. The Hall–Kier alpha value is -0.0800. The average molecular weight is 105 g/mol. The van der Waals surface area contributed by atoms with E-state index in [9.17, 15) is 0 Å². The molecule has 0 aromatic rings. The molecule has 0 amide bonds. The number of nitrogens with zero attached hydrogens (tertiary/aromatic N) is 1. The van der Waals surface area contributed by atoms with Gasteiger partial charge in [0.1, 0.15) is 6.54 Å². The highest BCUT2D eigenvalue weighted by Crippen LogP contribution is 1.84. The third kappa shape index (κ3) is 5.92. The lowest BCUT2D eigenvalue weighted by atomic mass is 10.7. The molecule has 2 nitrogen and oxygen atoms in total. The topological polar surface area (TPSA) is 20.2 Å². The van der Waals surface area contributed by atoms with Crippen molar-refractivity contribution in [2.45, 2.75) is 0 Å². The third-order valence-electron chi connectivity index (χ3n) is 0.771. The van der Waals surface area contributed by atoms with Crippen molar-refractivity contribution in [1.82, 2.24) is 0 Å². The average Bonchev–Trinajstić information content (AvgIpc) is 1.30. The first-order valence-electron chi connectivity index (χ1n) is 2.47. The van der Waals surface area contributed by atoms with Crippen LogP contribution in [0, 0.1) is 0 Å². The first kappa shape index (κ1) is 6.92. The van der Waals surface area contributed by atoms with E-state index < -0.39 is 0 Å². The zero-order valence-corrected chi connectivity index (χ0v) is 5.31. The fraction of sp³-hybridized carbons (Fsp3) is 1.00. The Bertz CT molecular complexity index is 46.5. The van der Waals surface area contributed by atoms with Crippen molar-refractivity contribution in [3.63, 3.8) is 0 Å². The summed E-state index contributed by atoms with van der Waals surface area (Å²) in [5, 5.41) is 8.39. The molecule has 0 heterocycles. The van der Waals surface area contributed by atoms with Crippen LogP contribution in [0.4, 0.5) is 0 Å². The fourth-order valence-corrected chi connectivity index (χ4v) is 0.300. The molecule has 0 aromatic heterocycles. The summed E-state index contributed by atoms with van der Waals surface area (Å²) in [6.45, 7) is 1.11. The number of hydrogen-bond donors (Lipinski definition) is 1. The van der Waals surface area contributed by atoms with Crippen LogP contribution in [0.15, 0.2) is 0 Å². The van der Waals surface area contributed by atoms with E-state index in [4.69, 9.17) is 5.11 Å². The van der Waals surface area contributed by atoms with Crippen LogP contribution in [-0.2, 0) is 0 Å². The van der Waals surface area contributed by atoms with Crippen molar-refractivity contribution in [2.75, 3.05) is 34.3 Å². The third-order valence-corrected chi connectivity index (χ3v) is 0.771. The number of rotatable bonds is 2. The Labute approximate surface area is 45.0 Å². The largest absolute Gasteiger partial charge is 0.391 e. The van der Waals surface area contributed by atoms with E-state index in [-0.39, 0.29) is 6.61 Å². The first-order chi connectivity index (χ1) is 3.06. The maximum atomic E-state index is 8.39. The predicted molar refractivity (Wildman–Crippen MR) is 30.0 cm³/mol. The summed E-state index contributed by atoms with van der Waals surface area (Å²) in [6.07, 6.45) is 0. The minimum absolute atomic E-state index is 0.281. The molecule has 0 radical (unpaired) electrons. The quantitative estimate of drug-likeness (QED) is 0.377. The summed E-state index contributed by atoms with van der Waals surface area (Å²) in [4.78, 5) is 0. The van der Waals surface area contributed by atoms with Crippen LogP contribution in [-0.4, -0.2) is 43.9 Å². The van der Waals surface area contributed by atoms with E-state index in [2.05, 4.69) is 21.1 Å². The second-order valence-electron chi connectivity index (χ2n) is 2.74. The van der Waals surface area contributed by atoms with E-state index in [1.54, 1.807) is 0 Å². The summed E-state index contributed by atoms with van der Waals surface area (Å²) in [5.41, 5.74) is 0. The van der Waals surface area contributed by atoms with Gasteiger partial charge in [-0.3, -0.25) is 0 Å². The summed E-state index contributed by atoms with van der Waals surface area (Å²) in [6, 6.07) is 0. The van der Waals surface area contributed by atoms with E-state index >= 15 is 0 Å². The lowest BCUT2D eigenvalue weighted by Crippen LogP contribution is -2.36. The van der Waals surface area contributed by atoms with Crippen LogP contribution in [0.25, 0.3) is 0 Å². The van der Waals surface area contributed by atoms with Crippen molar-refractivity contribution in [1.29, 1.82) is 0 Å². The predicted octanol–water partition coefficient (Wildman–Crippen LogP) is -0.315. The first-order valence-corrected chi connectivity index (χ1v) is 2.47. The van der Waals surface area contributed by atoms with E-state index in [1.807, 2.05) is 0 Å². The van der Waals surface area contributed by atoms with Gasteiger partial charge < -0.3 is 9.59 Å². The summed E-state index contributed by atoms with van der Waals surface area (Å²) < 4.78 is 0.844. The summed E-state index contributed by atoms with van der Waals surface area (Å²) in [5.74, 6) is 0. The van der Waals surface area contributed by atoms with Crippen molar-refractivity contribution in [3.05, 3.63) is 0 Å². The molecule has 0 spiro atoms. The van der Waals surface area contributed by atoms with Crippen LogP contribution in [0.1, 0.15) is 0 Å². The molecule has 0 fully saturated rings. The van der Waals surface area contributed by atoms with E-state index in [0.29, 0.717) is 0 Å². The molecular weight excluding hydrogens is 91.1 g/mol. The molecule has 0 aliphatic carbocycles. The molecular formula is C5H14NO+. The highest BCUT2D eigenvalue weighted by atomic mass is 16.3. The van der Waals surface area contributed by atoms with Crippen LogP contribution < -0.4 is 0 Å². The van der Waals surface area contributed by atoms with Crippen molar-refractivity contribution < 1.29 is 9.59 Å². The number of quaternary nitrogens is 1. The monoisotopic (exact) mass is 105 g/mol. The molecule has 7 heavy (non-hydrogen) atoms. The van der Waals surface area contributed by atoms with Gasteiger partial charge in [0.25, 0.3) is 0 Å². The van der Waals surface area contributed by atoms with Gasteiger partial charge >= 0.3 is 0 Å². The fourth-order valence-electron chi connectivity index (χ4n) is 0.300. The molecule has 0 unspecified atom stereocenters. The molecule has 0 aliphatic heterocycles. The lowest BCUT2D eigenvalue weighted by Gasteiger charge is -2.21. The van der Waals surface area contributed by atoms with E-state index in [0.717, 1.165) is 11.0 Å². The van der Waals surface area contributed by atoms with Gasteiger partial charge in [-0.2, -0.15) is 0 Å². The number of likely N-dealkylation sites (N-methyl/N-ethyl adjacent to an activating group) is 1. The lowest BCUT2D eigenvalue weighted by molar-refractivity contribution is -0.870. The molecule has 44 valence electrons. The second-order valence-corrected chi connectivity index (χ2v) is 2.74. The number of hydrogen-bond acceptors (Lipinski definition) is 1. The highest BCUT2D eigenvalue weighted by molar-refractivity contribution is 4.19. The van der Waals surface area contributed by atoms with Crippen LogP contribution >= 0.6 is 0 Å². The minimum Gasteiger partial charge on any atom is -0.391 e. The van der Waals surface area contributed by atoms with Gasteiger partial charge in [0, 0.05) is 0 Å². The van der Waals surface area contributed by atoms with Crippen molar-refractivity contribution in [3.8, 4) is 0 Å². The Balaban J connectivity index is 3.15. The molecule has 0 bridgehead atoms. The van der Waals surface area contributed by atoms with Crippen molar-refractivity contribution >= 4 is 0 Å². The van der Waals surface area contributed by atoms with Gasteiger partial charge in [-0.15, -0.1) is 0 Å². The molecule has 0 aromatic carbocycles. The van der Waals surface area contributed by atoms with E-state index in [1.165, 1.54) is 0 Å². The van der Waals surface area contributed by atoms with Gasteiger partial charge in [-0.05, 0) is 0 Å². The minimum atomic E-state index is 0.281. The van der Waals surface area contributed by atoms with Crippen LogP contribution in [0.3, 0.4) is 0 Å². The Morgan fingerprint density at radius 3 is 1.71 bits per heavy atom. The summed E-state index contributed by atoms with van der Waals surface area (Å²) in [7, 11) is 6.16. The molecule has 0 saturated carbocycles. The van der Waals surface area contributed by atoms with Gasteiger partial charge in [0.15, 0.2) is 0 Å². The zero-order chi connectivity index (χ0) is 5.91. The standard InChI is InChI=1S/C5H14NO/c1-6(2,3)4-5-7/h7H,4-5H2,1-3H3/q+1/i5+1. The Kier molecular flexibility index (Phi) is 2.26. The molecule has 0 rings (SSSR count). The van der Waals surface area contributed by atoms with Gasteiger partial charge in [-0.25, -0.2) is 0 Å². The SMILES string of the molecule is C[N+](C)(C)C[13CH2]O. The normalized spacial score (nSPS) is 12.0. The van der Waals surface area contributed by atoms with Gasteiger partial charge in [0.05, 0.1) is 27.7 Å². The zero-order valence-electron chi connectivity index (χ0n) is 5.31. The molecule has 0 atom stereocenters. The van der Waals surface area contributed by atoms with Gasteiger partial charge in [0.2, 0.25) is 0 Å². The van der Waals surface area contributed by atoms with Gasteiger partial charge in [-0.1, -0.05) is 0 Å². The molecule has 2 heteroatoms. The number of aliphatic hydroxyl groups is 1. The van der Waals surface area contributed by atoms with Crippen LogP contribution in [0.5, 0.6) is 0 Å². The van der Waals surface area contributed by atoms with Crippen molar-refractivity contribution in [2.24, 2.45) is 0 Å². The summed E-state index contributed by atoms with van der Waals surface area (Å²) >= 11 is 0. The maximum absolute atomic E-state index is 8.39. The number of aliphatic hydroxyl groups excluding tert-OH is 1. The molecule has 0 saturated heterocycles.